The van der Waals surface area contributed by atoms with Gasteiger partial charge < -0.3 is 10.2 Å². The quantitative estimate of drug-likeness (QED) is 0.868. The Labute approximate surface area is 158 Å². The summed E-state index contributed by atoms with van der Waals surface area (Å²) in [6.45, 7) is 1.75. The van der Waals surface area contributed by atoms with Crippen molar-refractivity contribution in [3.63, 3.8) is 0 Å². The van der Waals surface area contributed by atoms with Crippen LogP contribution >= 0.6 is 0 Å². The first-order chi connectivity index (χ1) is 13.2. The van der Waals surface area contributed by atoms with Crippen molar-refractivity contribution >= 4 is 17.4 Å². The number of rotatable bonds is 4. The van der Waals surface area contributed by atoms with E-state index in [1.807, 2.05) is 6.07 Å². The minimum absolute atomic E-state index is 0.122. The molecule has 27 heavy (non-hydrogen) atoms. The topological polar surface area (TPSA) is 97.7 Å². The third kappa shape index (κ3) is 3.80. The number of pyridine rings is 1. The Bertz CT molecular complexity index is 831. The molecular formula is C20H24N6O. The number of aromatic nitrogens is 3. The maximum atomic E-state index is 12.5. The molecular weight excluding hydrogens is 340 g/mol. The predicted molar refractivity (Wildman–Crippen MR) is 102 cm³/mol. The number of piperidine rings is 1. The van der Waals surface area contributed by atoms with Crippen LogP contribution in [0, 0.1) is 17.2 Å². The van der Waals surface area contributed by atoms with Crippen LogP contribution in [0.5, 0.6) is 0 Å². The molecule has 7 heteroatoms. The van der Waals surface area contributed by atoms with Crippen molar-refractivity contribution in [1.82, 2.24) is 15.2 Å². The van der Waals surface area contributed by atoms with E-state index in [0.717, 1.165) is 68.8 Å². The number of carbonyl (C=O) groups excluding carboxylic acids is 1. The minimum Gasteiger partial charge on any atom is -0.356 e. The van der Waals surface area contributed by atoms with E-state index in [9.17, 15) is 4.79 Å². The van der Waals surface area contributed by atoms with Crippen molar-refractivity contribution in [2.24, 2.45) is 5.92 Å². The fourth-order valence-corrected chi connectivity index (χ4v) is 4.19. The van der Waals surface area contributed by atoms with E-state index in [1.54, 1.807) is 18.5 Å². The zero-order valence-corrected chi connectivity index (χ0v) is 15.3. The summed E-state index contributed by atoms with van der Waals surface area (Å²) in [6, 6.07) is 5.80. The van der Waals surface area contributed by atoms with Crippen molar-refractivity contribution in [1.29, 1.82) is 5.26 Å². The number of H-pyrrole nitrogens is 1. The Hall–Kier alpha value is -2.88. The van der Waals surface area contributed by atoms with Gasteiger partial charge in [-0.25, -0.2) is 4.98 Å². The van der Waals surface area contributed by atoms with E-state index < -0.39 is 0 Å². The van der Waals surface area contributed by atoms with Crippen LogP contribution < -0.4 is 10.2 Å². The van der Waals surface area contributed by atoms with E-state index in [2.05, 4.69) is 31.5 Å². The largest absolute Gasteiger partial charge is 0.356 e. The maximum Gasteiger partial charge on any atom is 0.227 e. The first kappa shape index (κ1) is 17.5. The molecule has 2 aliphatic rings. The number of aromatic amines is 1. The summed E-state index contributed by atoms with van der Waals surface area (Å²) in [5.74, 6) is 1.40. The van der Waals surface area contributed by atoms with Crippen LogP contribution in [0.4, 0.5) is 11.5 Å². The molecule has 2 fully saturated rings. The third-order valence-electron chi connectivity index (χ3n) is 5.68. The normalized spacial score (nSPS) is 20.4. The Morgan fingerprint density at radius 3 is 2.81 bits per heavy atom. The SMILES string of the molecule is N#Cc1ccc(N2CCCC(c3[nH]ncc3NC(=O)C3CCCC3)C2)nc1. The smallest absolute Gasteiger partial charge is 0.227 e. The van der Waals surface area contributed by atoms with Gasteiger partial charge in [-0.1, -0.05) is 12.8 Å². The fraction of sp³-hybridized carbons (Fsp3) is 0.500. The lowest BCUT2D eigenvalue weighted by molar-refractivity contribution is -0.119. The summed E-state index contributed by atoms with van der Waals surface area (Å²) in [5.41, 5.74) is 2.38. The highest BCUT2D eigenvalue weighted by Crippen LogP contribution is 2.33. The van der Waals surface area contributed by atoms with Gasteiger partial charge in [0.25, 0.3) is 0 Å². The van der Waals surface area contributed by atoms with E-state index in [0.29, 0.717) is 5.56 Å². The summed E-state index contributed by atoms with van der Waals surface area (Å²) >= 11 is 0. The highest BCUT2D eigenvalue weighted by atomic mass is 16.1. The maximum absolute atomic E-state index is 12.5. The molecule has 4 rings (SSSR count). The molecule has 2 aromatic heterocycles. The Kier molecular flexibility index (Phi) is 5.05. The summed E-state index contributed by atoms with van der Waals surface area (Å²) < 4.78 is 0. The number of hydrogen-bond donors (Lipinski definition) is 2. The first-order valence-corrected chi connectivity index (χ1v) is 9.70. The summed E-state index contributed by atoms with van der Waals surface area (Å²) in [5, 5.41) is 19.3. The lowest BCUT2D eigenvalue weighted by Gasteiger charge is -2.33. The summed E-state index contributed by atoms with van der Waals surface area (Å²) in [4.78, 5) is 19.1. The number of nitrogens with zero attached hydrogens (tertiary/aromatic N) is 4. The third-order valence-corrected chi connectivity index (χ3v) is 5.68. The van der Waals surface area contributed by atoms with Crippen LogP contribution in [-0.4, -0.2) is 34.2 Å². The molecule has 0 aromatic carbocycles. The average molecular weight is 364 g/mol. The van der Waals surface area contributed by atoms with Crippen LogP contribution in [0.15, 0.2) is 24.5 Å². The molecule has 140 valence electrons. The second-order valence-electron chi connectivity index (χ2n) is 7.47. The molecule has 0 bridgehead atoms. The van der Waals surface area contributed by atoms with Gasteiger partial charge in [0.2, 0.25) is 5.91 Å². The number of anilines is 2. The fourth-order valence-electron chi connectivity index (χ4n) is 4.19. The Morgan fingerprint density at radius 1 is 1.22 bits per heavy atom. The van der Waals surface area contributed by atoms with Gasteiger partial charge in [0.1, 0.15) is 11.9 Å². The Morgan fingerprint density at radius 2 is 2.07 bits per heavy atom. The second-order valence-corrected chi connectivity index (χ2v) is 7.47. The van der Waals surface area contributed by atoms with Crippen molar-refractivity contribution in [3.8, 4) is 6.07 Å². The highest BCUT2D eigenvalue weighted by Gasteiger charge is 2.28. The lowest BCUT2D eigenvalue weighted by Crippen LogP contribution is -2.35. The van der Waals surface area contributed by atoms with Crippen LogP contribution in [0.1, 0.15) is 55.7 Å². The summed E-state index contributed by atoms with van der Waals surface area (Å²) in [7, 11) is 0. The van der Waals surface area contributed by atoms with E-state index in [1.165, 1.54) is 0 Å². The number of nitriles is 1. The number of amides is 1. The predicted octanol–water partition coefficient (Wildman–Crippen LogP) is 3.19. The van der Waals surface area contributed by atoms with Gasteiger partial charge in [-0.3, -0.25) is 9.89 Å². The molecule has 0 spiro atoms. The molecule has 2 N–H and O–H groups in total. The zero-order chi connectivity index (χ0) is 18.6. The molecule has 0 radical (unpaired) electrons. The van der Waals surface area contributed by atoms with E-state index in [-0.39, 0.29) is 17.7 Å². The molecule has 3 heterocycles. The molecule has 1 unspecified atom stereocenters. The van der Waals surface area contributed by atoms with Crippen LogP contribution in [0.2, 0.25) is 0 Å². The minimum atomic E-state index is 0.122. The van der Waals surface area contributed by atoms with Crippen molar-refractivity contribution in [3.05, 3.63) is 35.8 Å². The van der Waals surface area contributed by atoms with Crippen LogP contribution in [0.3, 0.4) is 0 Å². The van der Waals surface area contributed by atoms with Gasteiger partial charge in [-0.15, -0.1) is 0 Å². The van der Waals surface area contributed by atoms with Gasteiger partial charge >= 0.3 is 0 Å². The van der Waals surface area contributed by atoms with Gasteiger partial charge in [0, 0.05) is 31.1 Å². The zero-order valence-electron chi connectivity index (χ0n) is 15.3. The van der Waals surface area contributed by atoms with Gasteiger partial charge in [0.15, 0.2) is 0 Å². The monoisotopic (exact) mass is 364 g/mol. The number of nitrogens with one attached hydrogen (secondary N) is 2. The Balaban J connectivity index is 1.46. The standard InChI is InChI=1S/C20H24N6O/c21-10-14-7-8-18(22-11-14)26-9-3-6-16(13-26)19-17(12-23-25-19)24-20(27)15-4-1-2-5-15/h7-8,11-12,15-16H,1-6,9,13H2,(H,23,25)(H,24,27). The molecule has 1 saturated carbocycles. The van der Waals surface area contributed by atoms with Crippen molar-refractivity contribution in [2.75, 3.05) is 23.3 Å². The number of hydrogen-bond acceptors (Lipinski definition) is 5. The molecule has 7 nitrogen and oxygen atoms in total. The average Bonchev–Trinajstić information content (AvgIpc) is 3.40. The van der Waals surface area contributed by atoms with Crippen molar-refractivity contribution in [2.45, 2.75) is 44.4 Å². The van der Waals surface area contributed by atoms with Crippen molar-refractivity contribution < 1.29 is 4.79 Å². The van der Waals surface area contributed by atoms with Gasteiger partial charge in [-0.05, 0) is 37.8 Å². The van der Waals surface area contributed by atoms with Crippen LogP contribution in [-0.2, 0) is 4.79 Å². The lowest BCUT2D eigenvalue weighted by atomic mass is 9.94. The molecule has 1 aliphatic carbocycles. The van der Waals surface area contributed by atoms with E-state index >= 15 is 0 Å². The molecule has 1 saturated heterocycles. The molecule has 1 atom stereocenters. The molecule has 1 aliphatic heterocycles. The summed E-state index contributed by atoms with van der Waals surface area (Å²) in [6.07, 6.45) is 9.68. The molecule has 2 aromatic rings. The van der Waals surface area contributed by atoms with Gasteiger partial charge in [0.05, 0.1) is 23.1 Å². The number of carbonyl (C=O) groups is 1. The van der Waals surface area contributed by atoms with Gasteiger partial charge in [-0.2, -0.15) is 10.4 Å². The second kappa shape index (κ2) is 7.78. The highest BCUT2D eigenvalue weighted by molar-refractivity contribution is 5.93. The van der Waals surface area contributed by atoms with E-state index in [4.69, 9.17) is 5.26 Å². The first-order valence-electron chi connectivity index (χ1n) is 9.70. The molecule has 1 amide bonds. The van der Waals surface area contributed by atoms with Crippen LogP contribution in [0.25, 0.3) is 0 Å².